The predicted octanol–water partition coefficient (Wildman–Crippen LogP) is 2.74. The fraction of sp³-hybridized carbons (Fsp3) is 0.333. The minimum Gasteiger partial charge on any atom is -0.367 e. The summed E-state index contributed by atoms with van der Waals surface area (Å²) in [5, 5.41) is 0. The van der Waals surface area contributed by atoms with Crippen LogP contribution in [0.4, 0.5) is 0 Å². The van der Waals surface area contributed by atoms with Gasteiger partial charge in [0.1, 0.15) is 0 Å². The molecule has 1 N–H and O–H groups in total. The second kappa shape index (κ2) is 4.51. The molecule has 0 unspecified atom stereocenters. The van der Waals surface area contributed by atoms with Crippen molar-refractivity contribution >= 4 is 33.2 Å². The van der Waals surface area contributed by atoms with Crippen molar-refractivity contribution in [2.75, 3.05) is 6.54 Å². The average molecular weight is 326 g/mol. The van der Waals surface area contributed by atoms with E-state index in [0.717, 1.165) is 33.7 Å². The van der Waals surface area contributed by atoms with Gasteiger partial charge >= 0.3 is 0 Å². The zero-order chi connectivity index (χ0) is 12.7. The minimum atomic E-state index is 0.101. The summed E-state index contributed by atoms with van der Waals surface area (Å²) in [5.41, 5.74) is 2.89. The van der Waals surface area contributed by atoms with Gasteiger partial charge in [0.15, 0.2) is 3.92 Å². The van der Waals surface area contributed by atoms with Gasteiger partial charge in [0.2, 0.25) is 0 Å². The van der Waals surface area contributed by atoms with E-state index in [1.807, 2.05) is 18.0 Å². The first kappa shape index (κ1) is 11.9. The van der Waals surface area contributed by atoms with Crippen LogP contribution in [0.3, 0.4) is 0 Å². The molecule has 0 aromatic carbocycles. The summed E-state index contributed by atoms with van der Waals surface area (Å²) in [6.07, 6.45) is 4.47. The van der Waals surface area contributed by atoms with Gasteiger partial charge in [-0.15, -0.1) is 11.3 Å². The molecular weight excluding hydrogens is 314 g/mol. The highest BCUT2D eigenvalue weighted by Gasteiger charge is 2.25. The number of halogens is 1. The average Bonchev–Trinajstić information content (AvgIpc) is 2.91. The number of thiazole rings is 1. The fourth-order valence-corrected chi connectivity index (χ4v) is 3.82. The number of nitrogens with one attached hydrogen (secondary N) is 1. The highest BCUT2D eigenvalue weighted by atomic mass is 79.9. The molecule has 1 aliphatic heterocycles. The van der Waals surface area contributed by atoms with Gasteiger partial charge in [-0.3, -0.25) is 4.79 Å². The molecular formula is C12H12BrN3OS. The van der Waals surface area contributed by atoms with Gasteiger partial charge in [-0.1, -0.05) is 0 Å². The fourth-order valence-electron chi connectivity index (χ4n) is 2.18. The normalized spacial score (nSPS) is 14.7. The van der Waals surface area contributed by atoms with Gasteiger partial charge in [0.25, 0.3) is 5.91 Å². The summed E-state index contributed by atoms with van der Waals surface area (Å²) >= 11 is 5.02. The van der Waals surface area contributed by atoms with Crippen LogP contribution in [0.1, 0.15) is 26.5 Å². The molecule has 0 atom stereocenters. The summed E-state index contributed by atoms with van der Waals surface area (Å²) < 4.78 is 0.902. The van der Waals surface area contributed by atoms with Crippen LogP contribution in [0.5, 0.6) is 0 Å². The van der Waals surface area contributed by atoms with Crippen LogP contribution in [-0.2, 0) is 13.0 Å². The van der Waals surface area contributed by atoms with Gasteiger partial charge in [0.05, 0.1) is 17.8 Å². The molecule has 0 saturated heterocycles. The maximum absolute atomic E-state index is 12.4. The highest BCUT2D eigenvalue weighted by Crippen LogP contribution is 2.29. The van der Waals surface area contributed by atoms with E-state index in [-0.39, 0.29) is 5.91 Å². The minimum absolute atomic E-state index is 0.101. The SMILES string of the molecule is Cc1c[nH]cc1C(=O)N1CCc2nc(Br)sc2C1. The second-order valence-electron chi connectivity index (χ2n) is 4.37. The van der Waals surface area contributed by atoms with Crippen molar-refractivity contribution in [3.8, 4) is 0 Å². The van der Waals surface area contributed by atoms with E-state index in [9.17, 15) is 4.79 Å². The molecule has 3 rings (SSSR count). The number of nitrogens with zero attached hydrogens (tertiary/aromatic N) is 2. The third-order valence-corrected chi connectivity index (χ3v) is 4.71. The maximum atomic E-state index is 12.4. The number of hydrogen-bond donors (Lipinski definition) is 1. The molecule has 0 radical (unpaired) electrons. The third-order valence-electron chi connectivity index (χ3n) is 3.18. The number of carbonyl (C=O) groups is 1. The number of hydrogen-bond acceptors (Lipinski definition) is 3. The largest absolute Gasteiger partial charge is 0.367 e. The predicted molar refractivity (Wildman–Crippen MR) is 73.8 cm³/mol. The van der Waals surface area contributed by atoms with E-state index < -0.39 is 0 Å². The highest BCUT2D eigenvalue weighted by molar-refractivity contribution is 9.11. The zero-order valence-electron chi connectivity index (χ0n) is 9.86. The zero-order valence-corrected chi connectivity index (χ0v) is 12.3. The molecule has 4 nitrogen and oxygen atoms in total. The topological polar surface area (TPSA) is 49.0 Å². The van der Waals surface area contributed by atoms with Crippen molar-refractivity contribution < 1.29 is 4.79 Å². The van der Waals surface area contributed by atoms with Crippen LogP contribution < -0.4 is 0 Å². The van der Waals surface area contributed by atoms with Crippen molar-refractivity contribution in [1.82, 2.24) is 14.9 Å². The Morgan fingerprint density at radius 2 is 2.39 bits per heavy atom. The Morgan fingerprint density at radius 3 is 3.11 bits per heavy atom. The molecule has 0 saturated carbocycles. The number of carbonyl (C=O) groups excluding carboxylic acids is 1. The van der Waals surface area contributed by atoms with Crippen LogP contribution in [0, 0.1) is 6.92 Å². The summed E-state index contributed by atoms with van der Waals surface area (Å²) in [6.45, 7) is 3.36. The first-order valence-corrected chi connectivity index (χ1v) is 7.33. The molecule has 0 bridgehead atoms. The molecule has 94 valence electrons. The Morgan fingerprint density at radius 1 is 1.56 bits per heavy atom. The van der Waals surface area contributed by atoms with Gasteiger partial charge in [-0.2, -0.15) is 0 Å². The van der Waals surface area contributed by atoms with E-state index in [1.54, 1.807) is 17.5 Å². The van der Waals surface area contributed by atoms with E-state index in [2.05, 4.69) is 25.9 Å². The first-order valence-electron chi connectivity index (χ1n) is 5.72. The molecule has 0 aliphatic carbocycles. The Balaban J connectivity index is 1.84. The van der Waals surface area contributed by atoms with Gasteiger partial charge in [0, 0.05) is 30.2 Å². The first-order chi connectivity index (χ1) is 8.65. The van der Waals surface area contributed by atoms with Crippen molar-refractivity contribution in [2.24, 2.45) is 0 Å². The van der Waals surface area contributed by atoms with Crippen LogP contribution in [0.2, 0.25) is 0 Å². The van der Waals surface area contributed by atoms with Gasteiger partial charge < -0.3 is 9.88 Å². The van der Waals surface area contributed by atoms with E-state index >= 15 is 0 Å². The molecule has 3 heterocycles. The Hall–Kier alpha value is -1.14. The smallest absolute Gasteiger partial charge is 0.255 e. The summed E-state index contributed by atoms with van der Waals surface area (Å²) in [5.74, 6) is 0.101. The molecule has 1 aliphatic rings. The second-order valence-corrected chi connectivity index (χ2v) is 6.73. The number of aromatic nitrogens is 2. The third kappa shape index (κ3) is 1.99. The van der Waals surface area contributed by atoms with Crippen molar-refractivity contribution in [2.45, 2.75) is 19.9 Å². The summed E-state index contributed by atoms with van der Waals surface area (Å²) in [4.78, 5) is 22.9. The van der Waals surface area contributed by atoms with E-state index in [1.165, 1.54) is 4.88 Å². The molecule has 2 aromatic rings. The number of aryl methyl sites for hydroxylation is 1. The number of aromatic amines is 1. The lowest BCUT2D eigenvalue weighted by atomic mass is 10.1. The van der Waals surface area contributed by atoms with E-state index in [0.29, 0.717) is 6.54 Å². The molecule has 0 fully saturated rings. The summed E-state index contributed by atoms with van der Waals surface area (Å²) in [7, 11) is 0. The van der Waals surface area contributed by atoms with Crippen molar-refractivity contribution in [3.63, 3.8) is 0 Å². The number of fused-ring (bicyclic) bond motifs is 1. The maximum Gasteiger partial charge on any atom is 0.255 e. The standard InChI is InChI=1S/C12H12BrN3OS/c1-7-4-14-5-8(7)11(17)16-3-2-9-10(6-16)18-12(13)15-9/h4-5,14H,2-3,6H2,1H3. The monoisotopic (exact) mass is 325 g/mol. The number of amides is 1. The van der Waals surface area contributed by atoms with Crippen molar-refractivity contribution in [3.05, 3.63) is 38.0 Å². The van der Waals surface area contributed by atoms with Crippen molar-refractivity contribution in [1.29, 1.82) is 0 Å². The Bertz CT molecular complexity index is 604. The molecule has 18 heavy (non-hydrogen) atoms. The number of H-pyrrole nitrogens is 1. The molecule has 6 heteroatoms. The molecule has 2 aromatic heterocycles. The Labute approximate surface area is 117 Å². The lowest BCUT2D eigenvalue weighted by Gasteiger charge is -2.26. The van der Waals surface area contributed by atoms with Gasteiger partial charge in [-0.25, -0.2) is 4.98 Å². The summed E-state index contributed by atoms with van der Waals surface area (Å²) in [6, 6.07) is 0. The quantitative estimate of drug-likeness (QED) is 0.876. The lowest BCUT2D eigenvalue weighted by molar-refractivity contribution is 0.0735. The van der Waals surface area contributed by atoms with Crippen LogP contribution in [0.15, 0.2) is 16.3 Å². The molecule has 1 amide bonds. The van der Waals surface area contributed by atoms with Crippen LogP contribution in [0.25, 0.3) is 0 Å². The van der Waals surface area contributed by atoms with Crippen LogP contribution in [-0.4, -0.2) is 27.3 Å². The van der Waals surface area contributed by atoms with E-state index in [4.69, 9.17) is 0 Å². The number of rotatable bonds is 1. The Kier molecular flexibility index (Phi) is 2.99. The van der Waals surface area contributed by atoms with Crippen LogP contribution >= 0.6 is 27.3 Å². The molecule has 0 spiro atoms. The van der Waals surface area contributed by atoms with Gasteiger partial charge in [-0.05, 0) is 28.4 Å². The lowest BCUT2D eigenvalue weighted by Crippen LogP contribution is -2.35.